The van der Waals surface area contributed by atoms with E-state index in [9.17, 15) is 22.8 Å². The molecule has 3 heterocycles. The third-order valence-electron chi connectivity index (χ3n) is 6.49. The Labute approximate surface area is 235 Å². The van der Waals surface area contributed by atoms with E-state index < -0.39 is 15.9 Å². The lowest BCUT2D eigenvalue weighted by molar-refractivity contribution is -0.129. The number of nitrogens with zero attached hydrogens (tertiary/aromatic N) is 4. The lowest BCUT2D eigenvalue weighted by Gasteiger charge is -2.26. The number of thiophene rings is 1. The van der Waals surface area contributed by atoms with Crippen molar-refractivity contribution in [2.24, 2.45) is 0 Å². The monoisotopic (exact) mass is 583 g/mol. The SMILES string of the molecule is CC(=O)N1CCc2c(sc(NC(=O)c3ccc(S(=O)(=O)N(CC=N)CC=N)cc3)c2C(=O)n2nc(C)cc2C)C1. The maximum Gasteiger partial charge on any atom is 0.281 e. The summed E-state index contributed by atoms with van der Waals surface area (Å²) in [4.78, 5) is 41.3. The summed E-state index contributed by atoms with van der Waals surface area (Å²) in [6, 6.07) is 7.09. The van der Waals surface area contributed by atoms with E-state index in [4.69, 9.17) is 10.8 Å². The zero-order chi connectivity index (χ0) is 29.2. The van der Waals surface area contributed by atoms with Gasteiger partial charge in [-0.25, -0.2) is 13.1 Å². The molecule has 12 nitrogen and oxygen atoms in total. The van der Waals surface area contributed by atoms with Crippen LogP contribution in [0.3, 0.4) is 0 Å². The predicted octanol–water partition coefficient (Wildman–Crippen LogP) is 2.70. The molecule has 0 bridgehead atoms. The van der Waals surface area contributed by atoms with Gasteiger partial charge in [0.2, 0.25) is 15.9 Å². The fraction of sp³-hybridized carbons (Fsp3) is 0.308. The van der Waals surface area contributed by atoms with Gasteiger partial charge in [-0.15, -0.1) is 11.3 Å². The molecule has 1 aliphatic rings. The van der Waals surface area contributed by atoms with E-state index in [1.165, 1.54) is 47.2 Å². The summed E-state index contributed by atoms with van der Waals surface area (Å²) in [5.74, 6) is -0.997. The first-order chi connectivity index (χ1) is 19.0. The van der Waals surface area contributed by atoms with Gasteiger partial charge in [-0.1, -0.05) is 0 Å². The van der Waals surface area contributed by atoms with Gasteiger partial charge in [0.1, 0.15) is 5.00 Å². The number of fused-ring (bicyclic) bond motifs is 1. The Hall–Kier alpha value is -4.01. The van der Waals surface area contributed by atoms with Crippen LogP contribution in [0.2, 0.25) is 0 Å². The first-order valence-electron chi connectivity index (χ1n) is 12.3. The van der Waals surface area contributed by atoms with E-state index in [0.717, 1.165) is 27.2 Å². The van der Waals surface area contributed by atoms with Gasteiger partial charge in [0.15, 0.2) is 0 Å². The summed E-state index contributed by atoms with van der Waals surface area (Å²) >= 11 is 1.23. The molecule has 1 aromatic carbocycles. The Kier molecular flexibility index (Phi) is 8.42. The molecule has 0 aliphatic carbocycles. The number of benzene rings is 1. The van der Waals surface area contributed by atoms with Gasteiger partial charge >= 0.3 is 0 Å². The van der Waals surface area contributed by atoms with Crippen molar-refractivity contribution in [3.8, 4) is 0 Å². The molecular formula is C26H29N7O5S2. The Bertz CT molecular complexity index is 1600. The fourth-order valence-electron chi connectivity index (χ4n) is 4.50. The summed E-state index contributed by atoms with van der Waals surface area (Å²) in [5, 5.41) is 21.9. The van der Waals surface area contributed by atoms with Crippen molar-refractivity contribution in [2.75, 3.05) is 25.0 Å². The van der Waals surface area contributed by atoms with Crippen molar-refractivity contribution in [1.29, 1.82) is 10.8 Å². The van der Waals surface area contributed by atoms with Crippen LogP contribution in [0.25, 0.3) is 0 Å². The summed E-state index contributed by atoms with van der Waals surface area (Å²) in [5.41, 5.74) is 2.60. The van der Waals surface area contributed by atoms with Gasteiger partial charge in [0.25, 0.3) is 11.8 Å². The lowest BCUT2D eigenvalue weighted by Crippen LogP contribution is -2.34. The van der Waals surface area contributed by atoms with Crippen molar-refractivity contribution in [2.45, 2.75) is 38.6 Å². The summed E-state index contributed by atoms with van der Waals surface area (Å²) < 4.78 is 28.1. The number of hydrogen-bond acceptors (Lipinski definition) is 9. The zero-order valence-electron chi connectivity index (χ0n) is 22.2. The standard InChI is InChI=1S/C26H29N7O5S2/c1-16-14-17(2)33(30-16)26(36)23-21-8-11-31(18(3)34)15-22(21)39-25(23)29-24(35)19-4-6-20(7-5-19)40(37,38)32(12-9-27)13-10-28/h4-7,9-10,14,27-28H,8,11-13,15H2,1-3H3,(H,29,35). The molecule has 1 aliphatic heterocycles. The Morgan fingerprint density at radius 2 is 1.77 bits per heavy atom. The summed E-state index contributed by atoms with van der Waals surface area (Å²) in [6.45, 7) is 5.46. The fourth-order valence-corrected chi connectivity index (χ4v) is 7.07. The van der Waals surface area contributed by atoms with E-state index in [1.807, 2.05) is 0 Å². The van der Waals surface area contributed by atoms with E-state index >= 15 is 0 Å². The van der Waals surface area contributed by atoms with Crippen LogP contribution in [0, 0.1) is 24.7 Å². The molecule has 3 N–H and O–H groups in total. The summed E-state index contributed by atoms with van der Waals surface area (Å²) in [6.07, 6.45) is 2.32. The molecule has 0 unspecified atom stereocenters. The molecule has 40 heavy (non-hydrogen) atoms. The van der Waals surface area contributed by atoms with Gasteiger partial charge in [0.05, 0.1) is 22.7 Å². The van der Waals surface area contributed by atoms with Crippen LogP contribution in [-0.4, -0.2) is 77.2 Å². The lowest BCUT2D eigenvalue weighted by atomic mass is 10.0. The molecule has 0 radical (unpaired) electrons. The average Bonchev–Trinajstić information content (AvgIpc) is 3.45. The molecule has 0 spiro atoms. The quantitative estimate of drug-likeness (QED) is 0.327. The maximum atomic E-state index is 13.7. The van der Waals surface area contributed by atoms with Crippen molar-refractivity contribution in [1.82, 2.24) is 19.0 Å². The van der Waals surface area contributed by atoms with Crippen LogP contribution in [0.4, 0.5) is 5.00 Å². The Morgan fingerprint density at radius 1 is 1.12 bits per heavy atom. The average molecular weight is 584 g/mol. The minimum Gasteiger partial charge on any atom is -0.337 e. The van der Waals surface area contributed by atoms with Crippen molar-refractivity contribution < 1.29 is 22.8 Å². The van der Waals surface area contributed by atoms with Gasteiger partial charge in [-0.3, -0.25) is 14.4 Å². The highest BCUT2D eigenvalue weighted by Crippen LogP contribution is 2.38. The van der Waals surface area contributed by atoms with Crippen LogP contribution >= 0.6 is 11.3 Å². The molecule has 0 fully saturated rings. The number of hydrogen-bond donors (Lipinski definition) is 3. The number of sulfonamides is 1. The number of carbonyl (C=O) groups is 3. The van der Waals surface area contributed by atoms with E-state index in [0.29, 0.717) is 41.5 Å². The van der Waals surface area contributed by atoms with Gasteiger partial charge in [-0.05, 0) is 56.2 Å². The van der Waals surface area contributed by atoms with Gasteiger partial charge in [0, 0.05) is 55.1 Å². The first kappa shape index (κ1) is 29.0. The summed E-state index contributed by atoms with van der Waals surface area (Å²) in [7, 11) is -3.98. The highest BCUT2D eigenvalue weighted by Gasteiger charge is 2.31. The second-order valence-corrected chi connectivity index (χ2v) is 12.3. The minimum atomic E-state index is -3.98. The molecule has 210 valence electrons. The molecule has 14 heteroatoms. The van der Waals surface area contributed by atoms with Crippen molar-refractivity contribution in [3.63, 3.8) is 0 Å². The third kappa shape index (κ3) is 5.64. The van der Waals surface area contributed by atoms with Crippen LogP contribution in [-0.2, 0) is 27.8 Å². The first-order valence-corrected chi connectivity index (χ1v) is 14.6. The number of aryl methyl sites for hydroxylation is 2. The topological polar surface area (TPSA) is 169 Å². The van der Waals surface area contributed by atoms with Crippen molar-refractivity contribution >= 4 is 56.5 Å². The minimum absolute atomic E-state index is 0.0779. The highest BCUT2D eigenvalue weighted by molar-refractivity contribution is 7.89. The maximum absolute atomic E-state index is 13.7. The molecule has 0 atom stereocenters. The van der Waals surface area contributed by atoms with Crippen LogP contribution < -0.4 is 5.32 Å². The molecule has 0 saturated heterocycles. The molecule has 2 amide bonds. The molecule has 0 saturated carbocycles. The van der Waals surface area contributed by atoms with Crippen LogP contribution in [0.5, 0.6) is 0 Å². The van der Waals surface area contributed by atoms with Gasteiger partial charge in [-0.2, -0.15) is 9.40 Å². The molecule has 4 rings (SSSR count). The van der Waals surface area contributed by atoms with Crippen LogP contribution in [0.15, 0.2) is 35.2 Å². The van der Waals surface area contributed by atoms with E-state index in [2.05, 4.69) is 10.4 Å². The molecular weight excluding hydrogens is 554 g/mol. The van der Waals surface area contributed by atoms with E-state index in [1.54, 1.807) is 24.8 Å². The largest absolute Gasteiger partial charge is 0.337 e. The smallest absolute Gasteiger partial charge is 0.281 e. The Morgan fingerprint density at radius 3 is 2.33 bits per heavy atom. The number of carbonyl (C=O) groups excluding carboxylic acids is 3. The van der Waals surface area contributed by atoms with Crippen molar-refractivity contribution in [3.05, 3.63) is 63.3 Å². The number of anilines is 1. The highest BCUT2D eigenvalue weighted by atomic mass is 32.2. The van der Waals surface area contributed by atoms with Crippen LogP contribution in [0.1, 0.15) is 49.5 Å². The second kappa shape index (κ2) is 11.6. The number of nitrogens with one attached hydrogen (secondary N) is 3. The number of aromatic nitrogens is 2. The van der Waals surface area contributed by atoms with E-state index in [-0.39, 0.29) is 35.4 Å². The molecule has 3 aromatic rings. The second-order valence-electron chi connectivity index (χ2n) is 9.25. The third-order valence-corrected chi connectivity index (χ3v) is 9.47. The zero-order valence-corrected chi connectivity index (χ0v) is 23.9. The normalized spacial score (nSPS) is 13.2. The van der Waals surface area contributed by atoms with Gasteiger partial charge < -0.3 is 21.0 Å². The number of rotatable bonds is 9. The Balaban J connectivity index is 1.66. The predicted molar refractivity (Wildman–Crippen MR) is 151 cm³/mol. The number of amides is 2. The molecule has 2 aromatic heterocycles.